The predicted molar refractivity (Wildman–Crippen MR) is 140 cm³/mol. The number of benzene rings is 1. The van der Waals surface area contributed by atoms with Crippen molar-refractivity contribution in [3.8, 4) is 17.1 Å². The Morgan fingerprint density at radius 3 is 2.71 bits per heavy atom. The van der Waals surface area contributed by atoms with Gasteiger partial charge in [-0.15, -0.1) is 0 Å². The molecule has 2 bridgehead atoms. The van der Waals surface area contributed by atoms with Crippen LogP contribution in [0.5, 0.6) is 0 Å². The number of ether oxygens (including phenoxy) is 1. The van der Waals surface area contributed by atoms with Gasteiger partial charge in [-0.05, 0) is 53.8 Å². The zero-order valence-corrected chi connectivity index (χ0v) is 21.0. The summed E-state index contributed by atoms with van der Waals surface area (Å²) in [6.45, 7) is 3.62. The molecule has 0 spiro atoms. The van der Waals surface area contributed by atoms with E-state index >= 15 is 0 Å². The van der Waals surface area contributed by atoms with E-state index < -0.39 is 5.67 Å². The zero-order chi connectivity index (χ0) is 25.3. The molecule has 1 aromatic carbocycles. The third kappa shape index (κ3) is 3.76. The van der Waals surface area contributed by atoms with Gasteiger partial charge in [-0.2, -0.15) is 5.10 Å². The van der Waals surface area contributed by atoms with Crippen LogP contribution in [0, 0.1) is 5.41 Å². The van der Waals surface area contributed by atoms with E-state index in [2.05, 4.69) is 67.6 Å². The van der Waals surface area contributed by atoms with Crippen LogP contribution in [0.4, 0.5) is 4.39 Å². The first-order chi connectivity index (χ1) is 18.5. The van der Waals surface area contributed by atoms with Gasteiger partial charge in [0.1, 0.15) is 12.0 Å². The fourth-order valence-corrected chi connectivity index (χ4v) is 6.54. The summed E-state index contributed by atoms with van der Waals surface area (Å²) in [6.07, 6.45) is 11.8. The Morgan fingerprint density at radius 1 is 1.05 bits per heavy atom. The maximum atomic E-state index is 13.7. The van der Waals surface area contributed by atoms with Crippen LogP contribution in [0.15, 0.2) is 61.4 Å². The van der Waals surface area contributed by atoms with Crippen molar-refractivity contribution >= 4 is 10.9 Å². The summed E-state index contributed by atoms with van der Waals surface area (Å²) in [5, 5.41) is 9.43. The molecule has 0 saturated heterocycles. The maximum Gasteiger partial charge on any atom is 0.182 e. The Labute approximate surface area is 218 Å². The fourth-order valence-electron chi connectivity index (χ4n) is 6.54. The molecule has 0 amide bonds. The molecule has 0 radical (unpaired) electrons. The summed E-state index contributed by atoms with van der Waals surface area (Å²) < 4.78 is 23.2. The first-order valence-corrected chi connectivity index (χ1v) is 13.1. The fraction of sp³-hybridized carbons (Fsp3) is 0.345. The summed E-state index contributed by atoms with van der Waals surface area (Å²) in [5.41, 5.74) is 7.10. The summed E-state index contributed by atoms with van der Waals surface area (Å²) in [6, 6.07) is 10.7. The van der Waals surface area contributed by atoms with Gasteiger partial charge in [0.25, 0.3) is 0 Å². The number of H-pyrrole nitrogens is 1. The molecule has 3 aliphatic carbocycles. The van der Waals surface area contributed by atoms with E-state index in [1.807, 2.05) is 10.9 Å². The van der Waals surface area contributed by atoms with Gasteiger partial charge in [-0.3, -0.25) is 4.98 Å². The lowest BCUT2D eigenvalue weighted by Gasteiger charge is -2.66. The number of pyridine rings is 1. The number of alkyl halides is 1. The number of aromatic amines is 1. The second-order valence-electron chi connectivity index (χ2n) is 11.4. The van der Waals surface area contributed by atoms with Crippen LogP contribution in [0.1, 0.15) is 41.6 Å². The molecule has 38 heavy (non-hydrogen) atoms. The number of nitrogens with one attached hydrogen (secondary N) is 2. The van der Waals surface area contributed by atoms with Crippen LogP contribution in [0.2, 0.25) is 0 Å². The molecular formula is C29H28FN7O. The zero-order valence-electron chi connectivity index (χ0n) is 21.0. The van der Waals surface area contributed by atoms with Gasteiger partial charge in [0.05, 0.1) is 31.6 Å². The molecule has 8 nitrogen and oxygen atoms in total. The molecule has 1 aliphatic heterocycles. The molecule has 4 aliphatic rings. The average Bonchev–Trinajstić information content (AvgIpc) is 3.66. The van der Waals surface area contributed by atoms with Gasteiger partial charge < -0.3 is 19.6 Å². The van der Waals surface area contributed by atoms with Crippen molar-refractivity contribution in [2.24, 2.45) is 5.41 Å². The summed E-state index contributed by atoms with van der Waals surface area (Å²) in [5.74, 6) is 0.652. The topological polar surface area (TPSA) is 85.6 Å². The lowest BCUT2D eigenvalue weighted by Crippen LogP contribution is -2.67. The Bertz CT molecular complexity index is 1640. The number of halogens is 1. The standard InChI is InChI=1S/C29H28FN7O/c30-29-14-28(15-29,16-29)17-32-7-24-4-20-2-1-19(3-26(20)34-24)9-37-18-33-27(35-37)21-5-25(8-31-6-21)36-10-22-12-38-13-23(22)11-36/h1-6,8,10-11,18,32,34H,7,9,12-17H2. The first-order valence-electron chi connectivity index (χ1n) is 13.1. The van der Waals surface area contributed by atoms with Crippen molar-refractivity contribution in [1.29, 1.82) is 0 Å². The molecule has 0 atom stereocenters. The highest BCUT2D eigenvalue weighted by Gasteiger charge is 2.68. The lowest BCUT2D eigenvalue weighted by molar-refractivity contribution is -0.209. The highest BCUT2D eigenvalue weighted by molar-refractivity contribution is 5.81. The summed E-state index contributed by atoms with van der Waals surface area (Å²) >= 11 is 0. The van der Waals surface area contributed by atoms with Crippen LogP contribution in [-0.4, -0.2) is 41.5 Å². The number of hydrogen-bond donors (Lipinski definition) is 2. The minimum atomic E-state index is -0.829. The van der Waals surface area contributed by atoms with Gasteiger partial charge in [-0.1, -0.05) is 12.1 Å². The van der Waals surface area contributed by atoms with E-state index in [0.717, 1.165) is 60.4 Å². The monoisotopic (exact) mass is 509 g/mol. The number of rotatable bonds is 8. The summed E-state index contributed by atoms with van der Waals surface area (Å²) in [7, 11) is 0. The van der Waals surface area contributed by atoms with E-state index in [1.54, 1.807) is 12.5 Å². The van der Waals surface area contributed by atoms with Crippen LogP contribution < -0.4 is 5.32 Å². The Morgan fingerprint density at radius 2 is 1.89 bits per heavy atom. The molecule has 2 N–H and O–H groups in total. The van der Waals surface area contributed by atoms with E-state index in [4.69, 9.17) is 9.84 Å². The molecule has 5 heterocycles. The van der Waals surface area contributed by atoms with Gasteiger partial charge in [0, 0.05) is 59.6 Å². The van der Waals surface area contributed by atoms with Gasteiger partial charge in [-0.25, -0.2) is 14.1 Å². The Kier molecular flexibility index (Phi) is 4.72. The highest BCUT2D eigenvalue weighted by atomic mass is 19.1. The summed E-state index contributed by atoms with van der Waals surface area (Å²) in [4.78, 5) is 12.5. The predicted octanol–water partition coefficient (Wildman–Crippen LogP) is 4.67. The van der Waals surface area contributed by atoms with Crippen molar-refractivity contribution < 1.29 is 9.13 Å². The molecule has 0 unspecified atom stereocenters. The number of hydrogen-bond acceptors (Lipinski definition) is 5. The van der Waals surface area contributed by atoms with E-state index in [9.17, 15) is 4.39 Å². The van der Waals surface area contributed by atoms with E-state index in [1.165, 1.54) is 16.5 Å². The molecule has 3 saturated carbocycles. The maximum absolute atomic E-state index is 13.7. The third-order valence-corrected chi connectivity index (χ3v) is 8.31. The van der Waals surface area contributed by atoms with Crippen LogP contribution >= 0.6 is 0 Å². The Hall–Kier alpha value is -3.82. The molecular weight excluding hydrogens is 481 g/mol. The first kappa shape index (κ1) is 22.2. The van der Waals surface area contributed by atoms with Crippen LogP contribution in [0.3, 0.4) is 0 Å². The second-order valence-corrected chi connectivity index (χ2v) is 11.4. The van der Waals surface area contributed by atoms with Crippen molar-refractivity contribution in [3.05, 3.63) is 83.8 Å². The van der Waals surface area contributed by atoms with Crippen molar-refractivity contribution in [3.63, 3.8) is 0 Å². The van der Waals surface area contributed by atoms with Crippen molar-refractivity contribution in [2.45, 2.75) is 51.2 Å². The molecule has 5 aromatic rings. The van der Waals surface area contributed by atoms with Gasteiger partial charge in [0.2, 0.25) is 0 Å². The number of nitrogens with zero attached hydrogens (tertiary/aromatic N) is 5. The number of fused-ring (bicyclic) bond motifs is 2. The van der Waals surface area contributed by atoms with Gasteiger partial charge in [0.15, 0.2) is 5.82 Å². The number of aromatic nitrogens is 6. The van der Waals surface area contributed by atoms with Crippen LogP contribution in [0.25, 0.3) is 28.0 Å². The minimum absolute atomic E-state index is 0.222. The largest absolute Gasteiger partial charge is 0.372 e. The Balaban J connectivity index is 0.945. The molecule has 3 fully saturated rings. The lowest BCUT2D eigenvalue weighted by atomic mass is 9.42. The van der Waals surface area contributed by atoms with Crippen molar-refractivity contribution in [2.75, 3.05) is 6.54 Å². The average molecular weight is 510 g/mol. The molecule has 4 aromatic heterocycles. The third-order valence-electron chi connectivity index (χ3n) is 8.31. The SMILES string of the molecule is FC12CC(CNCc3cc4ccc(Cn5cnc(-c6cncc(-n7cc8c(c7)COC8)c6)n5)cc4[nH]3)(C1)C2. The van der Waals surface area contributed by atoms with E-state index in [0.29, 0.717) is 25.6 Å². The smallest absolute Gasteiger partial charge is 0.182 e. The van der Waals surface area contributed by atoms with Crippen molar-refractivity contribution in [1.82, 2.24) is 34.6 Å². The quantitative estimate of drug-likeness (QED) is 0.318. The van der Waals surface area contributed by atoms with Gasteiger partial charge >= 0.3 is 0 Å². The molecule has 192 valence electrons. The molecule has 9 rings (SSSR count). The van der Waals surface area contributed by atoms with Crippen LogP contribution in [-0.2, 0) is 31.0 Å². The molecule has 9 heteroatoms. The highest BCUT2D eigenvalue weighted by Crippen LogP contribution is 2.69. The normalized spacial score (nSPS) is 23.4. The minimum Gasteiger partial charge on any atom is -0.372 e. The second kappa shape index (κ2) is 8.09. The van der Waals surface area contributed by atoms with E-state index in [-0.39, 0.29) is 5.41 Å².